The van der Waals surface area contributed by atoms with Crippen LogP contribution in [0.1, 0.15) is 35.9 Å². The second kappa shape index (κ2) is 8.40. The monoisotopic (exact) mass is 374 g/mol. The van der Waals surface area contributed by atoms with Crippen LogP contribution in [0.3, 0.4) is 0 Å². The first-order valence-electron chi connectivity index (χ1n) is 9.84. The molecule has 0 radical (unpaired) electrons. The highest BCUT2D eigenvalue weighted by Crippen LogP contribution is 2.32. The number of piperidine rings is 1. The molecule has 2 aromatic carbocycles. The molecule has 1 aromatic heterocycles. The van der Waals surface area contributed by atoms with Crippen molar-refractivity contribution in [3.05, 3.63) is 84.2 Å². The fourth-order valence-corrected chi connectivity index (χ4v) is 4.04. The second-order valence-corrected chi connectivity index (χ2v) is 7.43. The van der Waals surface area contributed by atoms with Crippen LogP contribution in [0.15, 0.2) is 73.1 Å². The largest absolute Gasteiger partial charge is 0.324 e. The maximum Gasteiger partial charge on any atom is 0.246 e. The molecule has 0 aliphatic carbocycles. The fourth-order valence-electron chi connectivity index (χ4n) is 4.04. The molecule has 5 heteroatoms. The van der Waals surface area contributed by atoms with Crippen LogP contribution in [0.5, 0.6) is 0 Å². The molecule has 1 saturated heterocycles. The van der Waals surface area contributed by atoms with Gasteiger partial charge in [-0.2, -0.15) is 5.10 Å². The van der Waals surface area contributed by atoms with Gasteiger partial charge in [-0.15, -0.1) is 0 Å². The molecule has 1 aliphatic rings. The van der Waals surface area contributed by atoms with Crippen LogP contribution in [0.2, 0.25) is 0 Å². The van der Waals surface area contributed by atoms with Crippen molar-refractivity contribution in [3.63, 3.8) is 0 Å². The van der Waals surface area contributed by atoms with Crippen LogP contribution in [0.25, 0.3) is 0 Å². The molecule has 2 heterocycles. The SMILES string of the molecule is Cn1cc(C2CCN(C(C(=O)Nc3ccccc3)c3ccccc3)CC2)cn1. The van der Waals surface area contributed by atoms with Crippen molar-refractivity contribution in [1.82, 2.24) is 14.7 Å². The van der Waals surface area contributed by atoms with Gasteiger partial charge in [0.15, 0.2) is 0 Å². The third kappa shape index (κ3) is 4.15. The number of rotatable bonds is 5. The number of nitrogens with one attached hydrogen (secondary N) is 1. The molecule has 4 rings (SSSR count). The van der Waals surface area contributed by atoms with Crippen molar-refractivity contribution in [2.24, 2.45) is 7.05 Å². The van der Waals surface area contributed by atoms with Crippen LogP contribution in [0, 0.1) is 0 Å². The van der Waals surface area contributed by atoms with Gasteiger partial charge in [0.25, 0.3) is 0 Å². The fraction of sp³-hybridized carbons (Fsp3) is 0.304. The number of carbonyl (C=O) groups excluding carboxylic acids is 1. The molecule has 1 unspecified atom stereocenters. The van der Waals surface area contributed by atoms with Gasteiger partial charge in [0, 0.05) is 18.9 Å². The van der Waals surface area contributed by atoms with E-state index >= 15 is 0 Å². The van der Waals surface area contributed by atoms with Crippen molar-refractivity contribution in [2.45, 2.75) is 24.8 Å². The molecule has 1 fully saturated rings. The highest BCUT2D eigenvalue weighted by atomic mass is 16.2. The molecule has 5 nitrogen and oxygen atoms in total. The van der Waals surface area contributed by atoms with Crippen molar-refractivity contribution >= 4 is 11.6 Å². The van der Waals surface area contributed by atoms with Crippen molar-refractivity contribution in [1.29, 1.82) is 0 Å². The van der Waals surface area contributed by atoms with Crippen molar-refractivity contribution in [3.8, 4) is 0 Å². The highest BCUT2D eigenvalue weighted by Gasteiger charge is 2.31. The number of hydrogen-bond acceptors (Lipinski definition) is 3. The Hall–Kier alpha value is -2.92. The van der Waals surface area contributed by atoms with E-state index in [4.69, 9.17) is 0 Å². The average Bonchev–Trinajstić information content (AvgIpc) is 3.17. The second-order valence-electron chi connectivity index (χ2n) is 7.43. The van der Waals surface area contributed by atoms with Gasteiger partial charge in [-0.3, -0.25) is 14.4 Å². The van der Waals surface area contributed by atoms with E-state index in [2.05, 4.69) is 21.5 Å². The quantitative estimate of drug-likeness (QED) is 0.735. The molecule has 0 spiro atoms. The third-order valence-corrected chi connectivity index (χ3v) is 5.50. The molecule has 1 N–H and O–H groups in total. The predicted octanol–water partition coefficient (Wildman–Crippen LogP) is 3.98. The summed E-state index contributed by atoms with van der Waals surface area (Å²) in [4.78, 5) is 15.5. The Morgan fingerprint density at radius 2 is 1.68 bits per heavy atom. The predicted molar refractivity (Wildman–Crippen MR) is 111 cm³/mol. The Kier molecular flexibility index (Phi) is 5.53. The number of benzene rings is 2. The zero-order valence-electron chi connectivity index (χ0n) is 16.2. The first kappa shape index (κ1) is 18.4. The summed E-state index contributed by atoms with van der Waals surface area (Å²) in [6, 6.07) is 19.5. The third-order valence-electron chi connectivity index (χ3n) is 5.50. The van der Waals surface area contributed by atoms with E-state index in [1.165, 1.54) is 5.56 Å². The summed E-state index contributed by atoms with van der Waals surface area (Å²) in [6.45, 7) is 1.78. The Morgan fingerprint density at radius 1 is 1.04 bits per heavy atom. The van der Waals surface area contributed by atoms with Gasteiger partial charge < -0.3 is 5.32 Å². The van der Waals surface area contributed by atoms with E-state index in [1.54, 1.807) is 0 Å². The number of aryl methyl sites for hydroxylation is 1. The van der Waals surface area contributed by atoms with Gasteiger partial charge in [0.2, 0.25) is 5.91 Å². The number of amides is 1. The first-order chi connectivity index (χ1) is 13.7. The number of aromatic nitrogens is 2. The number of likely N-dealkylation sites (tertiary alicyclic amines) is 1. The topological polar surface area (TPSA) is 50.2 Å². The van der Waals surface area contributed by atoms with Gasteiger partial charge in [-0.1, -0.05) is 48.5 Å². The summed E-state index contributed by atoms with van der Waals surface area (Å²) in [5, 5.41) is 7.40. The molecule has 144 valence electrons. The summed E-state index contributed by atoms with van der Waals surface area (Å²) < 4.78 is 1.86. The minimum absolute atomic E-state index is 0.0252. The summed E-state index contributed by atoms with van der Waals surface area (Å²) in [6.07, 6.45) is 6.15. The van der Waals surface area contributed by atoms with E-state index in [9.17, 15) is 4.79 Å². The molecule has 1 atom stereocenters. The van der Waals surface area contributed by atoms with Crippen molar-refractivity contribution in [2.75, 3.05) is 18.4 Å². The smallest absolute Gasteiger partial charge is 0.246 e. The molecular formula is C23H26N4O. The number of hydrogen-bond donors (Lipinski definition) is 1. The molecule has 3 aromatic rings. The number of carbonyl (C=O) groups is 1. The average molecular weight is 374 g/mol. The van der Waals surface area contributed by atoms with Gasteiger partial charge in [-0.05, 0) is 55.1 Å². The van der Waals surface area contributed by atoms with Gasteiger partial charge in [0.1, 0.15) is 6.04 Å². The van der Waals surface area contributed by atoms with Gasteiger partial charge >= 0.3 is 0 Å². The Labute approximate surface area is 166 Å². The molecular weight excluding hydrogens is 348 g/mol. The summed E-state index contributed by atoms with van der Waals surface area (Å²) >= 11 is 0. The van der Waals surface area contributed by atoms with Crippen LogP contribution < -0.4 is 5.32 Å². The normalized spacial score (nSPS) is 16.6. The molecule has 0 saturated carbocycles. The van der Waals surface area contributed by atoms with Crippen LogP contribution in [-0.2, 0) is 11.8 Å². The summed E-state index contributed by atoms with van der Waals surface area (Å²) in [5.41, 5.74) is 3.17. The van der Waals surface area contributed by atoms with E-state index < -0.39 is 0 Å². The molecule has 1 aliphatic heterocycles. The molecule has 0 bridgehead atoms. The highest BCUT2D eigenvalue weighted by molar-refractivity contribution is 5.95. The van der Waals surface area contributed by atoms with E-state index in [0.29, 0.717) is 5.92 Å². The lowest BCUT2D eigenvalue weighted by Gasteiger charge is -2.36. The Morgan fingerprint density at radius 3 is 2.29 bits per heavy atom. The Bertz CT molecular complexity index is 899. The van der Waals surface area contributed by atoms with Crippen molar-refractivity contribution < 1.29 is 4.79 Å². The van der Waals surface area contributed by atoms with Crippen LogP contribution in [-0.4, -0.2) is 33.7 Å². The zero-order chi connectivity index (χ0) is 19.3. The zero-order valence-corrected chi connectivity index (χ0v) is 16.2. The van der Waals surface area contributed by atoms with Crippen LogP contribution in [0.4, 0.5) is 5.69 Å². The summed E-state index contributed by atoms with van der Waals surface area (Å²) in [5.74, 6) is 0.538. The maximum absolute atomic E-state index is 13.2. The lowest BCUT2D eigenvalue weighted by atomic mass is 9.90. The maximum atomic E-state index is 13.2. The molecule has 28 heavy (non-hydrogen) atoms. The lowest BCUT2D eigenvalue weighted by Crippen LogP contribution is -2.41. The Balaban J connectivity index is 1.50. The van der Waals surface area contributed by atoms with E-state index in [-0.39, 0.29) is 11.9 Å². The summed E-state index contributed by atoms with van der Waals surface area (Å²) in [7, 11) is 1.96. The first-order valence-corrected chi connectivity index (χ1v) is 9.84. The number of para-hydroxylation sites is 1. The lowest BCUT2D eigenvalue weighted by molar-refractivity contribution is -0.122. The standard InChI is InChI=1S/C23H26N4O/c1-26-17-20(16-24-26)18-12-14-27(15-13-18)22(19-8-4-2-5-9-19)23(28)25-21-10-6-3-7-11-21/h2-11,16-18,22H,12-15H2,1H3,(H,25,28). The van der Waals surface area contributed by atoms with Gasteiger partial charge in [0.05, 0.1) is 6.20 Å². The molecule has 1 amide bonds. The number of anilines is 1. The van der Waals surface area contributed by atoms with Gasteiger partial charge in [-0.25, -0.2) is 0 Å². The van der Waals surface area contributed by atoms with E-state index in [1.807, 2.05) is 78.6 Å². The minimum Gasteiger partial charge on any atom is -0.324 e. The van der Waals surface area contributed by atoms with Crippen LogP contribution >= 0.6 is 0 Å². The van der Waals surface area contributed by atoms with E-state index in [0.717, 1.165) is 37.2 Å². The number of nitrogens with zero attached hydrogens (tertiary/aromatic N) is 3. The minimum atomic E-state index is -0.281.